The molecule has 0 atom stereocenters. The molecule has 3 rings (SSSR count). The Morgan fingerprint density at radius 1 is 1.13 bits per heavy atom. The lowest BCUT2D eigenvalue weighted by atomic mass is 10.1. The number of ether oxygens (including phenoxy) is 1. The molecule has 9 nitrogen and oxygen atoms in total. The van der Waals surface area contributed by atoms with Crippen LogP contribution in [0, 0.1) is 0 Å². The molecule has 160 valence electrons. The molecule has 13 heteroatoms. The number of aromatic nitrogens is 3. The van der Waals surface area contributed by atoms with Gasteiger partial charge in [0.2, 0.25) is 10.0 Å². The molecule has 0 unspecified atom stereocenters. The molecule has 0 amide bonds. The minimum atomic E-state index is -4.66. The summed E-state index contributed by atoms with van der Waals surface area (Å²) >= 11 is 0. The number of primary sulfonamides is 1. The first kappa shape index (κ1) is 21.4. The Kier molecular flexibility index (Phi) is 5.34. The maximum absolute atomic E-state index is 13.2. The third kappa shape index (κ3) is 4.31. The minimum absolute atomic E-state index is 0.0608. The Morgan fingerprint density at radius 3 is 2.43 bits per heavy atom. The highest BCUT2D eigenvalue weighted by molar-refractivity contribution is 7.88. The van der Waals surface area contributed by atoms with Gasteiger partial charge in [-0.3, -0.25) is 4.57 Å². The lowest BCUT2D eigenvalue weighted by Gasteiger charge is -2.14. The summed E-state index contributed by atoms with van der Waals surface area (Å²) in [6.07, 6.45) is -4.66. The molecule has 4 N–H and O–H groups in total. The van der Waals surface area contributed by atoms with Gasteiger partial charge in [0.1, 0.15) is 11.5 Å². The number of rotatable bonds is 5. The number of sulfonamides is 1. The SMILES string of the molecule is COc1cc(-c2nnc(CS(N)(=O)=O)n2-c2cccc(C(F)(F)F)c2)c(O)cc1O. The summed E-state index contributed by atoms with van der Waals surface area (Å²) in [4.78, 5) is 0. The molecule has 0 bridgehead atoms. The van der Waals surface area contributed by atoms with Crippen LogP contribution in [0.25, 0.3) is 17.1 Å². The number of alkyl halides is 3. The number of phenols is 2. The van der Waals surface area contributed by atoms with E-state index in [1.165, 1.54) is 19.2 Å². The van der Waals surface area contributed by atoms with Gasteiger partial charge in [-0.2, -0.15) is 13.2 Å². The fourth-order valence-electron chi connectivity index (χ4n) is 2.76. The topological polar surface area (TPSA) is 141 Å². The third-order valence-corrected chi connectivity index (χ3v) is 4.69. The van der Waals surface area contributed by atoms with Crippen LogP contribution in [0.3, 0.4) is 0 Å². The monoisotopic (exact) mass is 444 g/mol. The van der Waals surface area contributed by atoms with Gasteiger partial charge in [0.25, 0.3) is 0 Å². The lowest BCUT2D eigenvalue weighted by molar-refractivity contribution is -0.137. The molecule has 0 saturated heterocycles. The second-order valence-corrected chi connectivity index (χ2v) is 7.79. The number of phenolic OH excluding ortho intramolecular Hbond substituents is 2. The molecule has 0 saturated carbocycles. The fourth-order valence-corrected chi connectivity index (χ4v) is 3.30. The quantitative estimate of drug-likeness (QED) is 0.548. The number of hydrogen-bond donors (Lipinski definition) is 3. The van der Waals surface area contributed by atoms with Crippen LogP contribution in [0.1, 0.15) is 11.4 Å². The first-order valence-electron chi connectivity index (χ1n) is 8.13. The van der Waals surface area contributed by atoms with Crippen LogP contribution in [0.15, 0.2) is 36.4 Å². The Balaban J connectivity index is 2.30. The highest BCUT2D eigenvalue weighted by Crippen LogP contribution is 2.39. The molecular formula is C17H15F3N4O5S. The van der Waals surface area contributed by atoms with Crippen molar-refractivity contribution in [2.75, 3.05) is 7.11 Å². The van der Waals surface area contributed by atoms with Gasteiger partial charge in [-0.1, -0.05) is 6.07 Å². The first-order chi connectivity index (χ1) is 13.9. The number of methoxy groups -OCH3 is 1. The number of aromatic hydroxyl groups is 2. The molecule has 0 spiro atoms. The average Bonchev–Trinajstić information content (AvgIpc) is 3.02. The number of hydrogen-bond acceptors (Lipinski definition) is 7. The zero-order valence-corrected chi connectivity index (χ0v) is 16.1. The molecular weight excluding hydrogens is 429 g/mol. The van der Waals surface area contributed by atoms with E-state index in [1.54, 1.807) is 0 Å². The van der Waals surface area contributed by atoms with E-state index in [1.807, 2.05) is 0 Å². The zero-order valence-electron chi connectivity index (χ0n) is 15.3. The summed E-state index contributed by atoms with van der Waals surface area (Å²) in [5.41, 5.74) is -1.18. The minimum Gasteiger partial charge on any atom is -0.507 e. The van der Waals surface area contributed by atoms with E-state index in [0.717, 1.165) is 28.8 Å². The van der Waals surface area contributed by atoms with Crippen molar-refractivity contribution in [3.63, 3.8) is 0 Å². The fraction of sp³-hybridized carbons (Fsp3) is 0.176. The summed E-state index contributed by atoms with van der Waals surface area (Å²) in [6.45, 7) is 0. The summed E-state index contributed by atoms with van der Waals surface area (Å²) < 4.78 is 68.7. The predicted octanol–water partition coefficient (Wildman–Crippen LogP) is 2.16. The van der Waals surface area contributed by atoms with Crippen molar-refractivity contribution < 1.29 is 36.5 Å². The number of nitrogens with zero attached hydrogens (tertiary/aromatic N) is 3. The van der Waals surface area contributed by atoms with Gasteiger partial charge in [0, 0.05) is 11.8 Å². The second kappa shape index (κ2) is 7.50. The van der Waals surface area contributed by atoms with Crippen molar-refractivity contribution in [3.05, 3.63) is 47.8 Å². The van der Waals surface area contributed by atoms with Crippen molar-refractivity contribution in [1.29, 1.82) is 0 Å². The van der Waals surface area contributed by atoms with E-state index in [2.05, 4.69) is 10.2 Å². The largest absolute Gasteiger partial charge is 0.507 e. The van der Waals surface area contributed by atoms with Crippen molar-refractivity contribution in [2.45, 2.75) is 11.9 Å². The highest BCUT2D eigenvalue weighted by Gasteiger charge is 2.31. The van der Waals surface area contributed by atoms with E-state index >= 15 is 0 Å². The van der Waals surface area contributed by atoms with E-state index in [4.69, 9.17) is 9.88 Å². The smallest absolute Gasteiger partial charge is 0.416 e. The maximum atomic E-state index is 13.2. The number of halogens is 3. The summed E-state index contributed by atoms with van der Waals surface area (Å²) in [7, 11) is -2.87. The Labute approximate surface area is 168 Å². The standard InChI is InChI=1S/C17H15F3N4O5S/c1-29-14-6-11(12(25)7-13(14)26)16-23-22-15(8-30(21,27)28)24(16)10-4-2-3-9(5-10)17(18,19)20/h2-7,25-26H,8H2,1H3,(H2,21,27,28). The summed E-state index contributed by atoms with van der Waals surface area (Å²) in [5, 5.41) is 32.6. The normalized spacial score (nSPS) is 12.2. The Hall–Kier alpha value is -3.32. The van der Waals surface area contributed by atoms with Gasteiger partial charge < -0.3 is 14.9 Å². The van der Waals surface area contributed by atoms with Crippen LogP contribution in [-0.4, -0.2) is 40.5 Å². The van der Waals surface area contributed by atoms with Crippen LogP contribution in [0.5, 0.6) is 17.2 Å². The van der Waals surface area contributed by atoms with Gasteiger partial charge in [0.15, 0.2) is 23.1 Å². The number of benzene rings is 2. The molecule has 0 fully saturated rings. The van der Waals surface area contributed by atoms with Gasteiger partial charge in [-0.15, -0.1) is 10.2 Å². The van der Waals surface area contributed by atoms with Crippen molar-refractivity contribution in [3.8, 4) is 34.3 Å². The second-order valence-electron chi connectivity index (χ2n) is 6.17. The lowest BCUT2D eigenvalue weighted by Crippen LogP contribution is -2.18. The van der Waals surface area contributed by atoms with Crippen LogP contribution < -0.4 is 9.88 Å². The Bertz CT molecular complexity index is 1210. The van der Waals surface area contributed by atoms with Crippen LogP contribution in [0.4, 0.5) is 13.2 Å². The van der Waals surface area contributed by atoms with Crippen LogP contribution >= 0.6 is 0 Å². The maximum Gasteiger partial charge on any atom is 0.416 e. The molecule has 3 aromatic rings. The molecule has 1 aromatic heterocycles. The van der Waals surface area contributed by atoms with Crippen molar-refractivity contribution >= 4 is 10.0 Å². The molecule has 0 aliphatic heterocycles. The van der Waals surface area contributed by atoms with Gasteiger partial charge >= 0.3 is 6.18 Å². The van der Waals surface area contributed by atoms with Crippen LogP contribution in [0.2, 0.25) is 0 Å². The van der Waals surface area contributed by atoms with Gasteiger partial charge in [-0.05, 0) is 24.3 Å². The van der Waals surface area contributed by atoms with E-state index in [0.29, 0.717) is 0 Å². The summed E-state index contributed by atoms with van der Waals surface area (Å²) in [6, 6.07) is 6.14. The van der Waals surface area contributed by atoms with E-state index in [-0.39, 0.29) is 28.6 Å². The average molecular weight is 444 g/mol. The molecule has 0 aliphatic carbocycles. The van der Waals surface area contributed by atoms with E-state index in [9.17, 15) is 31.8 Å². The summed E-state index contributed by atoms with van der Waals surface area (Å²) in [5.74, 6) is -2.24. The molecule has 1 heterocycles. The third-order valence-electron chi connectivity index (χ3n) is 4.03. The van der Waals surface area contributed by atoms with E-state index < -0.39 is 39.0 Å². The molecule has 30 heavy (non-hydrogen) atoms. The van der Waals surface area contributed by atoms with Crippen molar-refractivity contribution in [1.82, 2.24) is 14.8 Å². The molecule has 0 radical (unpaired) electrons. The highest BCUT2D eigenvalue weighted by atomic mass is 32.2. The van der Waals surface area contributed by atoms with Gasteiger partial charge in [-0.25, -0.2) is 13.6 Å². The Morgan fingerprint density at radius 2 is 1.83 bits per heavy atom. The molecule has 0 aliphatic rings. The predicted molar refractivity (Wildman–Crippen MR) is 98.5 cm³/mol. The zero-order chi connectivity index (χ0) is 22.3. The van der Waals surface area contributed by atoms with Crippen LogP contribution in [-0.2, 0) is 22.0 Å². The van der Waals surface area contributed by atoms with Crippen molar-refractivity contribution in [2.24, 2.45) is 5.14 Å². The molecule has 2 aromatic carbocycles. The number of nitrogens with two attached hydrogens (primary N) is 1. The first-order valence-corrected chi connectivity index (χ1v) is 9.85. The van der Waals surface area contributed by atoms with Gasteiger partial charge in [0.05, 0.1) is 18.2 Å².